The van der Waals surface area contributed by atoms with E-state index < -0.39 is 9.84 Å². The van der Waals surface area contributed by atoms with Gasteiger partial charge >= 0.3 is 0 Å². The quantitative estimate of drug-likeness (QED) is 0.662. The largest absolute Gasteiger partial charge is 0.481 e. The molecule has 0 aliphatic rings. The highest BCUT2D eigenvalue weighted by Crippen LogP contribution is 2.15. The molecule has 0 atom stereocenters. The van der Waals surface area contributed by atoms with Crippen LogP contribution in [-0.4, -0.2) is 59.0 Å². The van der Waals surface area contributed by atoms with Gasteiger partial charge in [-0.15, -0.1) is 0 Å². The van der Waals surface area contributed by atoms with Gasteiger partial charge in [-0.1, -0.05) is 0 Å². The Bertz CT molecular complexity index is 746. The smallest absolute Gasteiger partial charge is 0.250 e. The second kappa shape index (κ2) is 9.05. The first kappa shape index (κ1) is 19.7. The van der Waals surface area contributed by atoms with Crippen molar-refractivity contribution < 1.29 is 28.1 Å². The molecule has 0 saturated heterocycles. The van der Waals surface area contributed by atoms with Gasteiger partial charge in [-0.2, -0.15) is 4.98 Å². The molecule has 0 fully saturated rings. The number of hydrogen-bond donors (Lipinski definition) is 2. The zero-order valence-electron chi connectivity index (χ0n) is 13.4. The molecule has 11 heteroatoms. The maximum atomic E-state index is 11.1. The predicted octanol–water partition coefficient (Wildman–Crippen LogP) is -0.642. The van der Waals surface area contributed by atoms with Crippen LogP contribution in [0.1, 0.15) is 11.1 Å². The molecule has 0 amide bonds. The number of rotatable bonds is 5. The molecule has 10 nitrogen and oxygen atoms in total. The maximum absolute atomic E-state index is 11.1. The molecule has 0 spiro atoms. The van der Waals surface area contributed by atoms with Crippen molar-refractivity contribution in [3.8, 4) is 11.8 Å². The van der Waals surface area contributed by atoms with Crippen LogP contribution in [-0.2, 0) is 23.1 Å². The van der Waals surface area contributed by atoms with Gasteiger partial charge in [0.15, 0.2) is 0 Å². The zero-order chi connectivity index (χ0) is 18.2. The summed E-state index contributed by atoms with van der Waals surface area (Å²) in [6, 6.07) is 0. The van der Waals surface area contributed by atoms with Gasteiger partial charge in [-0.05, 0) is 0 Å². The molecule has 132 valence electrons. The Labute approximate surface area is 139 Å². The summed E-state index contributed by atoms with van der Waals surface area (Å²) >= 11 is 0. The first-order valence-corrected chi connectivity index (χ1v) is 8.41. The average Bonchev–Trinajstić information content (AvgIpc) is 2.60. The van der Waals surface area contributed by atoms with E-state index in [1.54, 1.807) is 0 Å². The van der Waals surface area contributed by atoms with Gasteiger partial charge in [-0.25, -0.2) is 23.4 Å². The summed E-state index contributed by atoms with van der Waals surface area (Å²) in [5.74, 6) is 0.500. The van der Waals surface area contributed by atoms with Crippen LogP contribution >= 0.6 is 0 Å². The predicted molar refractivity (Wildman–Crippen MR) is 82.1 cm³/mol. The molecular weight excluding hydrogens is 340 g/mol. The zero-order valence-corrected chi connectivity index (χ0v) is 14.2. The normalized spacial score (nSPS) is 10.5. The Kier molecular flexibility index (Phi) is 7.42. The van der Waals surface area contributed by atoms with E-state index in [2.05, 4.69) is 19.9 Å². The van der Waals surface area contributed by atoms with Gasteiger partial charge in [-0.3, -0.25) is 0 Å². The van der Waals surface area contributed by atoms with Crippen molar-refractivity contribution in [3.05, 3.63) is 29.8 Å². The summed E-state index contributed by atoms with van der Waals surface area (Å²) in [6.07, 6.45) is 5.12. The molecule has 0 aliphatic heterocycles. The summed E-state index contributed by atoms with van der Waals surface area (Å²) in [5.41, 5.74) is 0.949. The lowest BCUT2D eigenvalue weighted by atomic mass is 10.3. The van der Waals surface area contributed by atoms with Crippen molar-refractivity contribution in [2.75, 3.05) is 20.5 Å². The third-order valence-corrected chi connectivity index (χ3v) is 3.47. The van der Waals surface area contributed by atoms with Crippen LogP contribution in [0, 0.1) is 0 Å². The minimum Gasteiger partial charge on any atom is -0.481 e. The van der Waals surface area contributed by atoms with Crippen LogP contribution in [0.2, 0.25) is 0 Å². The minimum absolute atomic E-state index is 0.0722. The number of nitrogens with zero attached hydrogens (tertiary/aromatic N) is 4. The Morgan fingerprint density at radius 3 is 2.04 bits per heavy atom. The third-order valence-electron chi connectivity index (χ3n) is 2.61. The number of methoxy groups -OCH3 is 2. The summed E-state index contributed by atoms with van der Waals surface area (Å²) in [6.45, 7) is -0.392. The SMILES string of the molecule is COc1nc(S(C)(=O)=O)ncc1CO.COc1ncncc1CO. The maximum Gasteiger partial charge on any atom is 0.250 e. The minimum atomic E-state index is -3.44. The third kappa shape index (κ3) is 5.37. The molecule has 2 aromatic rings. The van der Waals surface area contributed by atoms with E-state index in [-0.39, 0.29) is 24.3 Å². The van der Waals surface area contributed by atoms with E-state index >= 15 is 0 Å². The molecule has 0 aliphatic carbocycles. The fourth-order valence-corrected chi connectivity index (χ4v) is 1.97. The van der Waals surface area contributed by atoms with Crippen molar-refractivity contribution >= 4 is 9.84 Å². The standard InChI is InChI=1S/C7H10N2O4S.C6H8N2O2/c1-13-6-5(4-10)3-8-7(9-6)14(2,11)12;1-10-6-5(3-9)2-7-4-8-6/h3,10H,4H2,1-2H3;2,4,9H,3H2,1H3. The van der Waals surface area contributed by atoms with Crippen LogP contribution in [0.4, 0.5) is 0 Å². The number of aliphatic hydroxyl groups is 2. The number of ether oxygens (including phenoxy) is 2. The fraction of sp³-hybridized carbons (Fsp3) is 0.385. The lowest BCUT2D eigenvalue weighted by Gasteiger charge is -2.05. The van der Waals surface area contributed by atoms with Crippen molar-refractivity contribution in [1.29, 1.82) is 0 Å². The van der Waals surface area contributed by atoms with Crippen LogP contribution in [0.5, 0.6) is 11.8 Å². The van der Waals surface area contributed by atoms with E-state index in [1.807, 2.05) is 0 Å². The van der Waals surface area contributed by atoms with Gasteiger partial charge < -0.3 is 19.7 Å². The van der Waals surface area contributed by atoms with E-state index in [9.17, 15) is 8.42 Å². The summed E-state index contributed by atoms with van der Waals surface area (Å²) < 4.78 is 31.7. The Morgan fingerprint density at radius 2 is 1.58 bits per heavy atom. The topological polar surface area (TPSA) is 145 Å². The summed E-state index contributed by atoms with van der Waals surface area (Å²) in [5, 5.41) is 17.2. The van der Waals surface area contributed by atoms with Crippen molar-refractivity contribution in [1.82, 2.24) is 19.9 Å². The van der Waals surface area contributed by atoms with Gasteiger partial charge in [0, 0.05) is 18.6 Å². The van der Waals surface area contributed by atoms with Gasteiger partial charge in [0.1, 0.15) is 6.33 Å². The van der Waals surface area contributed by atoms with E-state index in [0.717, 1.165) is 6.26 Å². The molecular formula is C13H18N4O6S. The fourth-order valence-electron chi connectivity index (χ4n) is 1.48. The van der Waals surface area contributed by atoms with Gasteiger partial charge in [0.25, 0.3) is 0 Å². The molecule has 0 unspecified atom stereocenters. The molecule has 0 radical (unpaired) electrons. The van der Waals surface area contributed by atoms with Crippen LogP contribution in [0.25, 0.3) is 0 Å². The van der Waals surface area contributed by atoms with Gasteiger partial charge in [0.2, 0.25) is 26.8 Å². The first-order valence-electron chi connectivity index (χ1n) is 6.51. The lowest BCUT2D eigenvalue weighted by molar-refractivity contribution is 0.269. The molecule has 0 aromatic carbocycles. The van der Waals surface area contributed by atoms with Crippen LogP contribution in [0.15, 0.2) is 23.9 Å². The Morgan fingerprint density at radius 1 is 1.00 bits per heavy atom. The molecule has 0 bridgehead atoms. The summed E-state index contributed by atoms with van der Waals surface area (Å²) in [7, 11) is -0.602. The molecule has 24 heavy (non-hydrogen) atoms. The number of aromatic nitrogens is 4. The highest BCUT2D eigenvalue weighted by molar-refractivity contribution is 7.90. The first-order chi connectivity index (χ1) is 11.4. The van der Waals surface area contributed by atoms with Crippen LogP contribution in [0.3, 0.4) is 0 Å². The van der Waals surface area contributed by atoms with E-state index in [0.29, 0.717) is 17.0 Å². The van der Waals surface area contributed by atoms with Gasteiger partial charge in [0.05, 0.1) is 38.6 Å². The van der Waals surface area contributed by atoms with Crippen molar-refractivity contribution in [3.63, 3.8) is 0 Å². The average molecular weight is 358 g/mol. The Hall–Kier alpha value is -2.37. The second-order valence-corrected chi connectivity index (χ2v) is 6.24. The Balaban J connectivity index is 0.000000254. The highest BCUT2D eigenvalue weighted by atomic mass is 32.2. The lowest BCUT2D eigenvalue weighted by Crippen LogP contribution is -2.07. The number of aliphatic hydroxyl groups excluding tert-OH is 2. The molecule has 0 saturated carbocycles. The summed E-state index contributed by atoms with van der Waals surface area (Å²) in [4.78, 5) is 14.7. The molecule has 2 N–H and O–H groups in total. The molecule has 2 rings (SSSR count). The van der Waals surface area contributed by atoms with E-state index in [4.69, 9.17) is 19.7 Å². The number of sulfone groups is 1. The second-order valence-electron chi connectivity index (χ2n) is 4.33. The molecule has 2 aromatic heterocycles. The number of hydrogen-bond acceptors (Lipinski definition) is 10. The van der Waals surface area contributed by atoms with Crippen LogP contribution < -0.4 is 9.47 Å². The van der Waals surface area contributed by atoms with E-state index in [1.165, 1.54) is 32.9 Å². The molecule has 2 heterocycles. The highest BCUT2D eigenvalue weighted by Gasteiger charge is 2.14. The monoisotopic (exact) mass is 358 g/mol. The van der Waals surface area contributed by atoms with Crippen molar-refractivity contribution in [2.24, 2.45) is 0 Å². The van der Waals surface area contributed by atoms with Crippen molar-refractivity contribution in [2.45, 2.75) is 18.4 Å².